The SMILES string of the molecule is C[C@H]1COC(=O)[C@H](Cc2ccccc2)CC=CC[C@H](CC(=O)N2Cc3ccccc3C[C@H]2CO)C(=O)N1. The Morgan fingerprint density at radius 1 is 1.00 bits per heavy atom. The van der Waals surface area contributed by atoms with Gasteiger partial charge in [0.1, 0.15) is 6.61 Å². The minimum atomic E-state index is -0.551. The lowest BCUT2D eigenvalue weighted by atomic mass is 9.92. The number of ether oxygens (including phenoxy) is 1. The number of cyclic esters (lactones) is 1. The number of carbonyl (C=O) groups excluding carboxylic acids is 3. The summed E-state index contributed by atoms with van der Waals surface area (Å²) >= 11 is 0. The Morgan fingerprint density at radius 2 is 1.68 bits per heavy atom. The molecular weight excluding hydrogens is 468 g/mol. The third-order valence-corrected chi connectivity index (χ3v) is 7.21. The molecule has 2 aliphatic heterocycles. The molecule has 2 aliphatic rings. The van der Waals surface area contributed by atoms with E-state index in [1.807, 2.05) is 66.7 Å². The summed E-state index contributed by atoms with van der Waals surface area (Å²) in [7, 11) is 0. The van der Waals surface area contributed by atoms with Crippen molar-refractivity contribution < 1.29 is 24.2 Å². The van der Waals surface area contributed by atoms with E-state index in [9.17, 15) is 19.5 Å². The predicted molar refractivity (Wildman–Crippen MR) is 140 cm³/mol. The second kappa shape index (κ2) is 12.7. The monoisotopic (exact) mass is 504 g/mol. The van der Waals surface area contributed by atoms with Crippen molar-refractivity contribution in [1.29, 1.82) is 0 Å². The van der Waals surface area contributed by atoms with Crippen molar-refractivity contribution in [2.45, 2.75) is 57.7 Å². The average Bonchev–Trinajstić information content (AvgIpc) is 2.91. The van der Waals surface area contributed by atoms with Gasteiger partial charge in [0.25, 0.3) is 0 Å². The molecule has 7 nitrogen and oxygen atoms in total. The first-order valence-electron chi connectivity index (χ1n) is 13.1. The summed E-state index contributed by atoms with van der Waals surface area (Å²) in [4.78, 5) is 40.9. The Bertz CT molecular complexity index is 1120. The van der Waals surface area contributed by atoms with Crippen LogP contribution in [0.15, 0.2) is 66.7 Å². The number of fused-ring (bicyclic) bond motifs is 1. The summed E-state index contributed by atoms with van der Waals surface area (Å²) in [5.41, 5.74) is 3.28. The van der Waals surface area contributed by atoms with Crippen molar-refractivity contribution in [3.8, 4) is 0 Å². The molecule has 196 valence electrons. The van der Waals surface area contributed by atoms with E-state index in [1.165, 1.54) is 0 Å². The lowest BCUT2D eigenvalue weighted by Gasteiger charge is -2.36. The van der Waals surface area contributed by atoms with Gasteiger partial charge < -0.3 is 20.1 Å². The molecule has 2 aromatic rings. The van der Waals surface area contributed by atoms with Gasteiger partial charge in [0.2, 0.25) is 11.8 Å². The number of aliphatic hydroxyl groups excluding tert-OH is 1. The maximum absolute atomic E-state index is 13.4. The molecule has 0 bridgehead atoms. The molecule has 0 aromatic heterocycles. The fraction of sp³-hybridized carbons (Fsp3) is 0.433. The van der Waals surface area contributed by atoms with Crippen molar-refractivity contribution in [2.24, 2.45) is 11.8 Å². The quantitative estimate of drug-likeness (QED) is 0.482. The highest BCUT2D eigenvalue weighted by molar-refractivity contribution is 5.86. The van der Waals surface area contributed by atoms with Crippen LogP contribution in [-0.4, -0.2) is 53.1 Å². The number of nitrogens with zero attached hydrogens (tertiary/aromatic N) is 1. The summed E-state index contributed by atoms with van der Waals surface area (Å²) in [5, 5.41) is 12.9. The van der Waals surface area contributed by atoms with Crippen LogP contribution >= 0.6 is 0 Å². The first-order valence-corrected chi connectivity index (χ1v) is 13.1. The molecule has 2 amide bonds. The van der Waals surface area contributed by atoms with Gasteiger partial charge in [-0.05, 0) is 49.3 Å². The fourth-order valence-electron chi connectivity index (χ4n) is 5.06. The van der Waals surface area contributed by atoms with Crippen LogP contribution in [0.1, 0.15) is 42.9 Å². The molecule has 2 N–H and O–H groups in total. The summed E-state index contributed by atoms with van der Waals surface area (Å²) in [6.07, 6.45) is 5.93. The number of amides is 2. The number of aliphatic hydroxyl groups is 1. The van der Waals surface area contributed by atoms with Crippen LogP contribution in [0, 0.1) is 11.8 Å². The molecular formula is C30H36N2O5. The highest BCUT2D eigenvalue weighted by atomic mass is 16.5. The molecule has 7 heteroatoms. The van der Waals surface area contributed by atoms with Gasteiger partial charge in [0.05, 0.1) is 30.5 Å². The number of carbonyl (C=O) groups is 3. The van der Waals surface area contributed by atoms with Crippen LogP contribution < -0.4 is 5.32 Å². The maximum Gasteiger partial charge on any atom is 0.309 e. The largest absolute Gasteiger partial charge is 0.463 e. The molecule has 0 radical (unpaired) electrons. The van der Waals surface area contributed by atoms with Crippen LogP contribution in [-0.2, 0) is 38.5 Å². The molecule has 0 fully saturated rings. The Labute approximate surface area is 218 Å². The van der Waals surface area contributed by atoms with Crippen LogP contribution in [0.2, 0.25) is 0 Å². The van der Waals surface area contributed by atoms with Gasteiger partial charge in [-0.25, -0.2) is 0 Å². The smallest absolute Gasteiger partial charge is 0.309 e. The third-order valence-electron chi connectivity index (χ3n) is 7.21. The topological polar surface area (TPSA) is 95.9 Å². The molecule has 4 atom stereocenters. The second-order valence-corrected chi connectivity index (χ2v) is 10.1. The molecule has 2 heterocycles. The summed E-state index contributed by atoms with van der Waals surface area (Å²) in [6.45, 7) is 2.18. The third kappa shape index (κ3) is 7.07. The summed E-state index contributed by atoms with van der Waals surface area (Å²) < 4.78 is 5.54. The number of hydrogen-bond donors (Lipinski definition) is 2. The van der Waals surface area contributed by atoms with Crippen molar-refractivity contribution in [3.05, 3.63) is 83.4 Å². The molecule has 4 rings (SSSR count). The van der Waals surface area contributed by atoms with E-state index >= 15 is 0 Å². The van der Waals surface area contributed by atoms with Gasteiger partial charge in [-0.1, -0.05) is 66.7 Å². The molecule has 2 aromatic carbocycles. The van der Waals surface area contributed by atoms with Gasteiger partial charge in [0.15, 0.2) is 0 Å². The Kier molecular flexibility index (Phi) is 9.12. The van der Waals surface area contributed by atoms with E-state index in [4.69, 9.17) is 4.74 Å². The predicted octanol–water partition coefficient (Wildman–Crippen LogP) is 3.20. The van der Waals surface area contributed by atoms with E-state index in [-0.39, 0.29) is 55.4 Å². The Balaban J connectivity index is 1.46. The number of hydrogen-bond acceptors (Lipinski definition) is 5. The minimum absolute atomic E-state index is 0.0504. The highest BCUT2D eigenvalue weighted by Gasteiger charge is 2.32. The zero-order valence-electron chi connectivity index (χ0n) is 21.3. The van der Waals surface area contributed by atoms with Crippen molar-refractivity contribution in [1.82, 2.24) is 10.2 Å². The van der Waals surface area contributed by atoms with Gasteiger partial charge >= 0.3 is 5.97 Å². The number of rotatable bonds is 5. The minimum Gasteiger partial charge on any atom is -0.463 e. The number of allylic oxidation sites excluding steroid dienone is 2. The van der Waals surface area contributed by atoms with Gasteiger partial charge in [-0.2, -0.15) is 0 Å². The van der Waals surface area contributed by atoms with Gasteiger partial charge in [0, 0.05) is 13.0 Å². The van der Waals surface area contributed by atoms with Crippen LogP contribution in [0.4, 0.5) is 0 Å². The lowest BCUT2D eigenvalue weighted by molar-refractivity contribution is -0.149. The lowest BCUT2D eigenvalue weighted by Crippen LogP contribution is -2.48. The normalized spacial score (nSPS) is 24.8. The highest BCUT2D eigenvalue weighted by Crippen LogP contribution is 2.26. The van der Waals surface area contributed by atoms with Gasteiger partial charge in [-0.15, -0.1) is 0 Å². The number of nitrogens with one attached hydrogen (secondary N) is 1. The molecule has 0 saturated carbocycles. The zero-order valence-corrected chi connectivity index (χ0v) is 21.3. The molecule has 37 heavy (non-hydrogen) atoms. The molecule has 0 saturated heterocycles. The van der Waals surface area contributed by atoms with Crippen LogP contribution in [0.5, 0.6) is 0 Å². The standard InChI is InChI=1S/C30H36N2O5/c1-21-20-37-30(36)25(15-22-9-3-2-4-10-22)13-7-6-12-24(29(35)31-21)17-28(34)32-18-26-14-8-5-11-23(26)16-27(32)19-33/h2-11,14,21,24-25,27,33H,12-13,15-20H2,1H3,(H,31,35)/t21-,24+,25-,27-/m0/s1. The van der Waals surface area contributed by atoms with E-state index < -0.39 is 5.92 Å². The van der Waals surface area contributed by atoms with E-state index in [1.54, 1.807) is 11.8 Å². The number of benzene rings is 2. The van der Waals surface area contributed by atoms with E-state index in [0.717, 1.165) is 16.7 Å². The number of esters is 1. The van der Waals surface area contributed by atoms with Gasteiger partial charge in [-0.3, -0.25) is 14.4 Å². The maximum atomic E-state index is 13.4. The Hall–Kier alpha value is -3.45. The van der Waals surface area contributed by atoms with E-state index in [0.29, 0.717) is 32.2 Å². The Morgan fingerprint density at radius 3 is 2.41 bits per heavy atom. The average molecular weight is 505 g/mol. The van der Waals surface area contributed by atoms with Crippen molar-refractivity contribution in [3.63, 3.8) is 0 Å². The van der Waals surface area contributed by atoms with Crippen LogP contribution in [0.25, 0.3) is 0 Å². The zero-order chi connectivity index (χ0) is 26.2. The van der Waals surface area contributed by atoms with Crippen molar-refractivity contribution >= 4 is 17.8 Å². The summed E-state index contributed by atoms with van der Waals surface area (Å²) in [5.74, 6) is -1.52. The molecule has 0 unspecified atom stereocenters. The first kappa shape index (κ1) is 26.6. The second-order valence-electron chi connectivity index (χ2n) is 10.1. The molecule has 0 spiro atoms. The fourth-order valence-corrected chi connectivity index (χ4v) is 5.06. The van der Waals surface area contributed by atoms with E-state index in [2.05, 4.69) is 5.32 Å². The van der Waals surface area contributed by atoms with Crippen LogP contribution in [0.3, 0.4) is 0 Å². The summed E-state index contributed by atoms with van der Waals surface area (Å²) in [6, 6.07) is 17.1. The molecule has 0 aliphatic carbocycles. The van der Waals surface area contributed by atoms with Crippen molar-refractivity contribution in [2.75, 3.05) is 13.2 Å². The first-order chi connectivity index (χ1) is 17.9.